The van der Waals surface area contributed by atoms with Gasteiger partial charge in [-0.05, 0) is 32.9 Å². The Morgan fingerprint density at radius 1 is 1.04 bits per heavy atom. The van der Waals surface area contributed by atoms with Gasteiger partial charge in [0.05, 0.1) is 15.9 Å². The third-order valence-corrected chi connectivity index (χ3v) is 4.75. The third kappa shape index (κ3) is 3.39. The summed E-state index contributed by atoms with van der Waals surface area (Å²) in [6, 6.07) is 17.6. The minimum Gasteiger partial charge on any atom is -0.380 e. The largest absolute Gasteiger partial charge is 0.380 e. The molecule has 4 heteroatoms. The van der Waals surface area contributed by atoms with Crippen molar-refractivity contribution in [3.63, 3.8) is 0 Å². The molecule has 2 aromatic carbocycles. The average Bonchev–Trinajstić information content (AvgIpc) is 3.03. The molecule has 1 heterocycles. The van der Waals surface area contributed by atoms with Crippen molar-refractivity contribution in [2.24, 2.45) is 0 Å². The number of hydrogen-bond acceptors (Lipinski definition) is 4. The number of carbonyl (C=O) groups excluding carboxylic acids is 1. The molecular formula is C20H20N2OS. The first kappa shape index (κ1) is 16.4. The van der Waals surface area contributed by atoms with Gasteiger partial charge in [0, 0.05) is 17.2 Å². The molecule has 24 heavy (non-hydrogen) atoms. The number of para-hydroxylation sites is 1. The highest BCUT2D eigenvalue weighted by Crippen LogP contribution is 2.28. The summed E-state index contributed by atoms with van der Waals surface area (Å²) in [5, 5.41) is 4.27. The zero-order valence-electron chi connectivity index (χ0n) is 14.0. The van der Waals surface area contributed by atoms with E-state index in [2.05, 4.69) is 25.2 Å². The molecule has 3 nitrogen and oxygen atoms in total. The predicted octanol–water partition coefficient (Wildman–Crippen LogP) is 4.91. The van der Waals surface area contributed by atoms with Crippen LogP contribution in [0, 0.1) is 0 Å². The number of rotatable bonds is 5. The highest BCUT2D eigenvalue weighted by Gasteiger charge is 2.18. The minimum atomic E-state index is 0.0259. The lowest BCUT2D eigenvalue weighted by molar-refractivity contribution is 0.103. The van der Waals surface area contributed by atoms with Crippen LogP contribution in [0.15, 0.2) is 60.2 Å². The van der Waals surface area contributed by atoms with Crippen LogP contribution in [-0.4, -0.2) is 16.8 Å². The molecule has 0 amide bonds. The molecule has 122 valence electrons. The first-order valence-corrected chi connectivity index (χ1v) is 8.81. The SMILES string of the molecule is C/C(C(=O)c1ccccc1)=C(/NC(C)C)c1nc2ccccc2s1. The molecule has 0 atom stereocenters. The molecule has 1 N–H and O–H groups in total. The van der Waals surface area contributed by atoms with Gasteiger partial charge in [-0.2, -0.15) is 0 Å². The fourth-order valence-electron chi connectivity index (χ4n) is 2.52. The van der Waals surface area contributed by atoms with Crippen LogP contribution >= 0.6 is 11.3 Å². The van der Waals surface area contributed by atoms with Crippen molar-refractivity contribution in [1.82, 2.24) is 10.3 Å². The number of carbonyl (C=O) groups is 1. The lowest BCUT2D eigenvalue weighted by atomic mass is 10.0. The summed E-state index contributed by atoms with van der Waals surface area (Å²) in [5.74, 6) is 0.0259. The van der Waals surface area contributed by atoms with E-state index < -0.39 is 0 Å². The summed E-state index contributed by atoms with van der Waals surface area (Å²) >= 11 is 1.60. The second kappa shape index (κ2) is 6.97. The maximum absolute atomic E-state index is 12.8. The molecule has 1 aromatic heterocycles. The number of ketones is 1. The molecule has 0 saturated heterocycles. The van der Waals surface area contributed by atoms with Gasteiger partial charge in [0.2, 0.25) is 0 Å². The third-order valence-electron chi connectivity index (χ3n) is 3.69. The first-order valence-electron chi connectivity index (χ1n) is 7.99. The van der Waals surface area contributed by atoms with Crippen LogP contribution in [0.2, 0.25) is 0 Å². The Morgan fingerprint density at radius 3 is 2.38 bits per heavy atom. The second-order valence-electron chi connectivity index (χ2n) is 5.98. The molecule has 3 rings (SSSR count). The van der Waals surface area contributed by atoms with Crippen molar-refractivity contribution in [2.45, 2.75) is 26.8 Å². The van der Waals surface area contributed by atoms with Crippen molar-refractivity contribution in [3.05, 3.63) is 70.7 Å². The van der Waals surface area contributed by atoms with Crippen LogP contribution < -0.4 is 5.32 Å². The topological polar surface area (TPSA) is 42.0 Å². The number of Topliss-reactive ketones (excluding diaryl/α,β-unsaturated/α-hetero) is 1. The average molecular weight is 336 g/mol. The van der Waals surface area contributed by atoms with Gasteiger partial charge in [0.1, 0.15) is 5.01 Å². The maximum atomic E-state index is 12.8. The number of allylic oxidation sites excluding steroid dienone is 1. The van der Waals surface area contributed by atoms with Crippen LogP contribution in [0.1, 0.15) is 36.1 Å². The molecule has 0 unspecified atom stereocenters. The van der Waals surface area contributed by atoms with E-state index in [0.717, 1.165) is 20.9 Å². The fraction of sp³-hybridized carbons (Fsp3) is 0.200. The summed E-state index contributed by atoms with van der Waals surface area (Å²) in [6.07, 6.45) is 0. The molecule has 0 aliphatic heterocycles. The van der Waals surface area contributed by atoms with Gasteiger partial charge in [-0.1, -0.05) is 42.5 Å². The molecule has 0 aliphatic rings. The number of thiazole rings is 1. The van der Waals surface area contributed by atoms with Crippen molar-refractivity contribution in [1.29, 1.82) is 0 Å². The smallest absolute Gasteiger partial charge is 0.190 e. The standard InChI is InChI=1S/C20H20N2OS/c1-13(2)21-18(14(3)19(23)15-9-5-4-6-10-15)20-22-16-11-7-8-12-17(16)24-20/h4-13,21H,1-3H3/b18-14-. The fourth-order valence-corrected chi connectivity index (χ4v) is 3.55. The van der Waals surface area contributed by atoms with Gasteiger partial charge in [-0.3, -0.25) is 4.79 Å². The van der Waals surface area contributed by atoms with Crippen LogP contribution in [-0.2, 0) is 0 Å². The monoisotopic (exact) mass is 336 g/mol. The van der Waals surface area contributed by atoms with Crippen molar-refractivity contribution >= 4 is 33.0 Å². The molecule has 0 aliphatic carbocycles. The first-order chi connectivity index (χ1) is 11.6. The van der Waals surface area contributed by atoms with Crippen LogP contribution in [0.25, 0.3) is 15.9 Å². The summed E-state index contributed by atoms with van der Waals surface area (Å²) in [4.78, 5) is 17.5. The molecule has 0 spiro atoms. The summed E-state index contributed by atoms with van der Waals surface area (Å²) in [7, 11) is 0. The van der Waals surface area contributed by atoms with E-state index in [-0.39, 0.29) is 11.8 Å². The van der Waals surface area contributed by atoms with E-state index in [1.807, 2.05) is 55.5 Å². The molecule has 0 bridgehead atoms. The Bertz CT molecular complexity index is 861. The quantitative estimate of drug-likeness (QED) is 0.532. The second-order valence-corrected chi connectivity index (χ2v) is 7.01. The van der Waals surface area contributed by atoms with Gasteiger partial charge < -0.3 is 5.32 Å². The summed E-state index contributed by atoms with van der Waals surface area (Å²) < 4.78 is 1.12. The van der Waals surface area contributed by atoms with Gasteiger partial charge in [0.25, 0.3) is 0 Å². The lowest BCUT2D eigenvalue weighted by Crippen LogP contribution is -2.23. The summed E-state index contributed by atoms with van der Waals surface area (Å²) in [5.41, 5.74) is 3.16. The van der Waals surface area contributed by atoms with E-state index in [0.29, 0.717) is 11.1 Å². The van der Waals surface area contributed by atoms with E-state index in [4.69, 9.17) is 4.98 Å². The number of benzene rings is 2. The Morgan fingerprint density at radius 2 is 1.71 bits per heavy atom. The van der Waals surface area contributed by atoms with Crippen LogP contribution in [0.4, 0.5) is 0 Å². The molecule has 0 saturated carbocycles. The highest BCUT2D eigenvalue weighted by molar-refractivity contribution is 7.19. The van der Waals surface area contributed by atoms with Gasteiger partial charge >= 0.3 is 0 Å². The van der Waals surface area contributed by atoms with Crippen LogP contribution in [0.5, 0.6) is 0 Å². The number of aromatic nitrogens is 1. The minimum absolute atomic E-state index is 0.0259. The lowest BCUT2D eigenvalue weighted by Gasteiger charge is -2.15. The Labute approximate surface area is 146 Å². The number of nitrogens with zero attached hydrogens (tertiary/aromatic N) is 1. The number of fused-ring (bicyclic) bond motifs is 1. The van der Waals surface area contributed by atoms with Crippen molar-refractivity contribution in [3.8, 4) is 0 Å². The molecule has 0 fully saturated rings. The zero-order valence-corrected chi connectivity index (χ0v) is 14.9. The van der Waals surface area contributed by atoms with E-state index in [1.165, 1.54) is 0 Å². The number of nitrogens with one attached hydrogen (secondary N) is 1. The highest BCUT2D eigenvalue weighted by atomic mass is 32.1. The maximum Gasteiger partial charge on any atom is 0.190 e. The predicted molar refractivity (Wildman–Crippen MR) is 101 cm³/mol. The number of hydrogen-bond donors (Lipinski definition) is 1. The van der Waals surface area contributed by atoms with E-state index in [1.54, 1.807) is 11.3 Å². The Kier molecular flexibility index (Phi) is 4.76. The summed E-state index contributed by atoms with van der Waals surface area (Å²) in [6.45, 7) is 5.99. The van der Waals surface area contributed by atoms with Crippen molar-refractivity contribution < 1.29 is 4.79 Å². The Hall–Kier alpha value is -2.46. The molecule has 0 radical (unpaired) electrons. The molecular weight excluding hydrogens is 316 g/mol. The van der Waals surface area contributed by atoms with Crippen LogP contribution in [0.3, 0.4) is 0 Å². The zero-order chi connectivity index (χ0) is 17.1. The van der Waals surface area contributed by atoms with Crippen molar-refractivity contribution in [2.75, 3.05) is 0 Å². The van der Waals surface area contributed by atoms with Gasteiger partial charge in [-0.15, -0.1) is 11.3 Å². The van der Waals surface area contributed by atoms with E-state index in [9.17, 15) is 4.79 Å². The van der Waals surface area contributed by atoms with Gasteiger partial charge in [-0.25, -0.2) is 4.98 Å². The van der Waals surface area contributed by atoms with E-state index >= 15 is 0 Å². The normalized spacial score (nSPS) is 12.3. The molecule has 3 aromatic rings. The van der Waals surface area contributed by atoms with Gasteiger partial charge in [0.15, 0.2) is 5.78 Å². The Balaban J connectivity index is 2.09.